The van der Waals surface area contributed by atoms with E-state index in [-0.39, 0.29) is 0 Å². The van der Waals surface area contributed by atoms with Crippen LogP contribution in [0.4, 0.5) is 0 Å². The van der Waals surface area contributed by atoms with Crippen LogP contribution in [0.1, 0.15) is 0 Å². The van der Waals surface area contributed by atoms with Crippen LogP contribution in [0.2, 0.25) is 0 Å². The van der Waals surface area contributed by atoms with Gasteiger partial charge in [0.25, 0.3) is 0 Å². The first-order valence-electron chi connectivity index (χ1n) is 4.91. The largest absolute Gasteiger partial charge is 0.240 e. The molecule has 0 unspecified atom stereocenters. The maximum absolute atomic E-state index is 2.22. The summed E-state index contributed by atoms with van der Waals surface area (Å²) in [5.41, 5.74) is 2.51. The quantitative estimate of drug-likeness (QED) is 0.551. The Labute approximate surface area is 94.8 Å². The molecule has 0 saturated carbocycles. The summed E-state index contributed by atoms with van der Waals surface area (Å²) in [6.45, 7) is 0. The molecule has 0 aliphatic heterocycles. The third kappa shape index (κ3) is 2.05. The molecule has 76 valence electrons. The summed E-state index contributed by atoms with van der Waals surface area (Å²) in [6, 6.07) is 16.9. The van der Waals surface area contributed by atoms with Crippen LogP contribution in [0.15, 0.2) is 53.6 Å². The van der Waals surface area contributed by atoms with E-state index < -0.39 is 0 Å². The van der Waals surface area contributed by atoms with Crippen LogP contribution in [0, 0.1) is 0 Å². The average Bonchev–Trinajstić information content (AvgIpc) is 2.30. The van der Waals surface area contributed by atoms with Crippen molar-refractivity contribution in [3.8, 4) is 11.3 Å². The number of nitrogens with zero attached hydrogens (tertiary/aromatic N) is 1. The minimum absolute atomic E-state index is 1.25. The summed E-state index contributed by atoms with van der Waals surface area (Å²) < 4.78 is 2.22. The van der Waals surface area contributed by atoms with E-state index in [9.17, 15) is 0 Å². The van der Waals surface area contributed by atoms with Crippen LogP contribution < -0.4 is 4.57 Å². The third-order valence-electron chi connectivity index (χ3n) is 2.46. The average molecular weight is 216 g/mol. The Morgan fingerprint density at radius 2 is 1.67 bits per heavy atom. The first-order chi connectivity index (χ1) is 7.33. The van der Waals surface area contributed by atoms with E-state index in [1.807, 2.05) is 6.07 Å². The Hall–Kier alpha value is -1.28. The highest BCUT2D eigenvalue weighted by Crippen LogP contribution is 2.17. The molecule has 1 heterocycles. The molecule has 0 bridgehead atoms. The summed E-state index contributed by atoms with van der Waals surface area (Å²) in [4.78, 5) is 0. The highest BCUT2D eigenvalue weighted by Gasteiger charge is 2.12. The van der Waals surface area contributed by atoms with Crippen LogP contribution in [0.5, 0.6) is 0 Å². The number of hydrogen-bond donors (Lipinski definition) is 0. The zero-order valence-electron chi connectivity index (χ0n) is 8.97. The fraction of sp³-hybridized carbons (Fsp3) is 0.154. The molecule has 1 nitrogen and oxygen atoms in total. The molecule has 0 spiro atoms. The second kappa shape index (κ2) is 4.49. The maximum atomic E-state index is 2.22. The van der Waals surface area contributed by atoms with E-state index in [4.69, 9.17) is 0 Å². The molecular weight excluding hydrogens is 202 g/mol. The van der Waals surface area contributed by atoms with Gasteiger partial charge in [-0.1, -0.05) is 30.0 Å². The highest BCUT2D eigenvalue weighted by atomic mass is 32.2. The van der Waals surface area contributed by atoms with Crippen molar-refractivity contribution in [1.29, 1.82) is 0 Å². The second-order valence-corrected chi connectivity index (χ2v) is 4.20. The zero-order chi connectivity index (χ0) is 10.7. The van der Waals surface area contributed by atoms with E-state index in [0.717, 1.165) is 0 Å². The van der Waals surface area contributed by atoms with Gasteiger partial charge in [0.2, 0.25) is 10.7 Å². The van der Waals surface area contributed by atoms with Crippen molar-refractivity contribution in [3.63, 3.8) is 0 Å². The van der Waals surface area contributed by atoms with Gasteiger partial charge in [-0.05, 0) is 24.5 Å². The molecule has 0 saturated heterocycles. The summed E-state index contributed by atoms with van der Waals surface area (Å²) in [7, 11) is 2.11. The lowest BCUT2D eigenvalue weighted by atomic mass is 10.1. The lowest BCUT2D eigenvalue weighted by Gasteiger charge is -2.02. The lowest BCUT2D eigenvalue weighted by molar-refractivity contribution is -0.698. The van der Waals surface area contributed by atoms with Gasteiger partial charge in [-0.25, -0.2) is 0 Å². The minimum Gasteiger partial charge on any atom is -0.189 e. The number of rotatable bonds is 2. The molecule has 0 amide bonds. The molecule has 0 fully saturated rings. The normalized spacial score (nSPS) is 10.3. The van der Waals surface area contributed by atoms with Gasteiger partial charge in [-0.2, -0.15) is 4.57 Å². The predicted octanol–water partition coefficient (Wildman–Crippen LogP) is 2.90. The molecule has 0 aliphatic rings. The van der Waals surface area contributed by atoms with Gasteiger partial charge in [-0.3, -0.25) is 0 Å². The van der Waals surface area contributed by atoms with Crippen LogP contribution in [-0.2, 0) is 7.05 Å². The molecule has 0 radical (unpaired) electrons. The van der Waals surface area contributed by atoms with E-state index >= 15 is 0 Å². The Balaban J connectivity index is 2.54. The molecule has 1 aromatic heterocycles. The summed E-state index contributed by atoms with van der Waals surface area (Å²) >= 11 is 1.77. The SMILES string of the molecule is CSc1cccc(-c2ccccc2)[n+]1C. The van der Waals surface area contributed by atoms with Crippen LogP contribution in [0.25, 0.3) is 11.3 Å². The minimum atomic E-state index is 1.25. The molecule has 0 N–H and O–H groups in total. The standard InChI is InChI=1S/C13H14NS/c1-14-12(9-6-10-13(14)15-2)11-7-4-3-5-8-11/h3-10H,1-2H3/q+1. The number of hydrogen-bond acceptors (Lipinski definition) is 1. The first-order valence-corrected chi connectivity index (χ1v) is 6.14. The smallest absolute Gasteiger partial charge is 0.189 e. The van der Waals surface area contributed by atoms with Crippen LogP contribution in [0.3, 0.4) is 0 Å². The molecular formula is C13H14NS+. The summed E-state index contributed by atoms with van der Waals surface area (Å²) in [6.07, 6.45) is 2.10. The summed E-state index contributed by atoms with van der Waals surface area (Å²) in [5, 5.41) is 1.27. The fourth-order valence-electron chi connectivity index (χ4n) is 1.67. The van der Waals surface area contributed by atoms with E-state index in [2.05, 4.69) is 60.3 Å². The van der Waals surface area contributed by atoms with E-state index in [1.54, 1.807) is 11.8 Å². The van der Waals surface area contributed by atoms with E-state index in [1.165, 1.54) is 16.3 Å². The monoisotopic (exact) mass is 216 g/mol. The van der Waals surface area contributed by atoms with Gasteiger partial charge in [-0.15, -0.1) is 0 Å². The van der Waals surface area contributed by atoms with E-state index in [0.29, 0.717) is 0 Å². The first kappa shape index (κ1) is 10.2. The molecule has 2 rings (SSSR count). The fourth-order valence-corrected chi connectivity index (χ4v) is 2.25. The predicted molar refractivity (Wildman–Crippen MR) is 64.8 cm³/mol. The van der Waals surface area contributed by atoms with Gasteiger partial charge in [0, 0.05) is 17.7 Å². The Morgan fingerprint density at radius 1 is 0.933 bits per heavy atom. The number of pyridine rings is 1. The molecule has 1 aromatic carbocycles. The van der Waals surface area contributed by atoms with Crippen molar-refractivity contribution in [2.75, 3.05) is 6.26 Å². The lowest BCUT2D eigenvalue weighted by Crippen LogP contribution is -2.33. The van der Waals surface area contributed by atoms with Crippen LogP contribution in [-0.4, -0.2) is 6.26 Å². The van der Waals surface area contributed by atoms with Crippen molar-refractivity contribution in [2.24, 2.45) is 7.05 Å². The molecule has 2 aromatic rings. The zero-order valence-corrected chi connectivity index (χ0v) is 9.79. The van der Waals surface area contributed by atoms with Gasteiger partial charge in [0.1, 0.15) is 7.05 Å². The Morgan fingerprint density at radius 3 is 2.33 bits per heavy atom. The van der Waals surface area contributed by atoms with Crippen molar-refractivity contribution in [2.45, 2.75) is 5.03 Å². The van der Waals surface area contributed by atoms with Crippen molar-refractivity contribution < 1.29 is 4.57 Å². The van der Waals surface area contributed by atoms with Crippen molar-refractivity contribution in [1.82, 2.24) is 0 Å². The number of thioether (sulfide) groups is 1. The maximum Gasteiger partial charge on any atom is 0.240 e. The van der Waals surface area contributed by atoms with Gasteiger partial charge in [0.15, 0.2) is 0 Å². The molecule has 0 atom stereocenters. The van der Waals surface area contributed by atoms with Gasteiger partial charge in [0.05, 0.1) is 0 Å². The Bertz CT molecular complexity index is 451. The number of benzene rings is 1. The van der Waals surface area contributed by atoms with Crippen molar-refractivity contribution >= 4 is 11.8 Å². The van der Waals surface area contributed by atoms with Gasteiger partial charge >= 0.3 is 0 Å². The third-order valence-corrected chi connectivity index (χ3v) is 3.29. The van der Waals surface area contributed by atoms with Gasteiger partial charge < -0.3 is 0 Å². The summed E-state index contributed by atoms with van der Waals surface area (Å²) in [5.74, 6) is 0. The highest BCUT2D eigenvalue weighted by molar-refractivity contribution is 7.98. The van der Waals surface area contributed by atoms with Crippen LogP contribution >= 0.6 is 11.8 Å². The molecule has 2 heteroatoms. The topological polar surface area (TPSA) is 3.88 Å². The molecule has 15 heavy (non-hydrogen) atoms. The molecule has 0 aliphatic carbocycles. The number of aromatic nitrogens is 1. The Kier molecular flexibility index (Phi) is 3.07. The van der Waals surface area contributed by atoms with Crippen molar-refractivity contribution in [3.05, 3.63) is 48.5 Å². The second-order valence-electron chi connectivity index (χ2n) is 3.38.